The van der Waals surface area contributed by atoms with Crippen LogP contribution in [0.5, 0.6) is 0 Å². The number of para-hydroxylation sites is 1. The highest BCUT2D eigenvalue weighted by atomic mass is 32.1. The monoisotopic (exact) mass is 405 g/mol. The number of nitrogens with zero attached hydrogens (tertiary/aromatic N) is 5. The van der Waals surface area contributed by atoms with Crippen molar-refractivity contribution in [1.29, 1.82) is 0 Å². The number of benzene rings is 1. The van der Waals surface area contributed by atoms with E-state index in [0.717, 1.165) is 49.5 Å². The molecule has 6 nitrogen and oxygen atoms in total. The van der Waals surface area contributed by atoms with Crippen LogP contribution < -0.4 is 0 Å². The van der Waals surface area contributed by atoms with Crippen molar-refractivity contribution in [1.82, 2.24) is 25.0 Å². The van der Waals surface area contributed by atoms with Gasteiger partial charge >= 0.3 is 0 Å². The van der Waals surface area contributed by atoms with Crippen molar-refractivity contribution < 1.29 is 4.52 Å². The Kier molecular flexibility index (Phi) is 5.08. The van der Waals surface area contributed by atoms with E-state index in [1.807, 2.05) is 29.5 Å². The third-order valence-corrected chi connectivity index (χ3v) is 6.70. The van der Waals surface area contributed by atoms with Crippen molar-refractivity contribution in [2.75, 3.05) is 13.1 Å². The molecule has 148 valence electrons. The molecule has 0 unspecified atom stereocenters. The lowest BCUT2D eigenvalue weighted by Crippen LogP contribution is -2.40. The van der Waals surface area contributed by atoms with E-state index < -0.39 is 0 Å². The van der Waals surface area contributed by atoms with Crippen molar-refractivity contribution >= 4 is 21.6 Å². The maximum Gasteiger partial charge on any atom is 0.230 e. The van der Waals surface area contributed by atoms with E-state index in [2.05, 4.69) is 51.2 Å². The molecule has 1 aliphatic rings. The summed E-state index contributed by atoms with van der Waals surface area (Å²) in [5.41, 5.74) is 1.86. The first-order chi connectivity index (χ1) is 14.3. The third kappa shape index (κ3) is 3.93. The fourth-order valence-corrected chi connectivity index (χ4v) is 5.06. The summed E-state index contributed by atoms with van der Waals surface area (Å²) < 4.78 is 6.83. The third-order valence-electron chi connectivity index (χ3n) is 5.65. The second-order valence-electron chi connectivity index (χ2n) is 7.61. The largest absolute Gasteiger partial charge is 0.339 e. The number of hydrogen-bond acceptors (Lipinski definition) is 7. The van der Waals surface area contributed by atoms with Crippen molar-refractivity contribution in [2.45, 2.75) is 38.1 Å². The van der Waals surface area contributed by atoms with Gasteiger partial charge in [-0.05, 0) is 57.1 Å². The first-order valence-corrected chi connectivity index (χ1v) is 10.9. The molecule has 1 aromatic carbocycles. The van der Waals surface area contributed by atoms with Crippen LogP contribution in [0.15, 0.2) is 53.2 Å². The van der Waals surface area contributed by atoms with Gasteiger partial charge in [0.1, 0.15) is 5.69 Å². The van der Waals surface area contributed by atoms with Gasteiger partial charge in [-0.3, -0.25) is 4.98 Å². The maximum atomic E-state index is 5.56. The molecule has 0 amide bonds. The number of fused-ring (bicyclic) bond motifs is 1. The second-order valence-corrected chi connectivity index (χ2v) is 8.73. The molecule has 0 aliphatic carbocycles. The van der Waals surface area contributed by atoms with E-state index in [4.69, 9.17) is 9.51 Å². The van der Waals surface area contributed by atoms with E-state index in [9.17, 15) is 0 Å². The molecule has 0 spiro atoms. The summed E-state index contributed by atoms with van der Waals surface area (Å²) in [5, 5.41) is 5.34. The minimum absolute atomic E-state index is 0.325. The van der Waals surface area contributed by atoms with Gasteiger partial charge in [-0.15, -0.1) is 11.3 Å². The average molecular weight is 406 g/mol. The van der Waals surface area contributed by atoms with Crippen molar-refractivity contribution in [3.63, 3.8) is 0 Å². The molecule has 0 bridgehead atoms. The van der Waals surface area contributed by atoms with Gasteiger partial charge in [0, 0.05) is 24.6 Å². The van der Waals surface area contributed by atoms with E-state index in [1.165, 1.54) is 9.71 Å². The zero-order chi connectivity index (χ0) is 19.6. The summed E-state index contributed by atoms with van der Waals surface area (Å²) in [7, 11) is 0. The molecule has 29 heavy (non-hydrogen) atoms. The average Bonchev–Trinajstić information content (AvgIpc) is 3.41. The molecule has 5 rings (SSSR count). The van der Waals surface area contributed by atoms with Gasteiger partial charge in [-0.2, -0.15) is 4.98 Å². The minimum atomic E-state index is 0.325. The summed E-state index contributed by atoms with van der Waals surface area (Å²) in [5.74, 6) is 1.64. The summed E-state index contributed by atoms with van der Waals surface area (Å²) in [6, 6.07) is 14.6. The quantitative estimate of drug-likeness (QED) is 0.485. The number of rotatable bonds is 5. The van der Waals surface area contributed by atoms with Crippen LogP contribution in [-0.4, -0.2) is 44.1 Å². The Hall–Kier alpha value is -2.64. The van der Waals surface area contributed by atoms with Gasteiger partial charge in [-0.1, -0.05) is 23.4 Å². The SMILES string of the molecule is C[C@H](Cc1nc2ccccc2s1)N1CCC(c2nc(-c3ccccn3)no2)CC1. The van der Waals surface area contributed by atoms with Crippen LogP contribution in [0.1, 0.15) is 36.6 Å². The van der Waals surface area contributed by atoms with Gasteiger partial charge in [0.2, 0.25) is 11.7 Å². The highest BCUT2D eigenvalue weighted by Gasteiger charge is 2.28. The Labute approximate surface area is 173 Å². The van der Waals surface area contributed by atoms with Crippen LogP contribution >= 0.6 is 11.3 Å². The van der Waals surface area contributed by atoms with Gasteiger partial charge in [-0.25, -0.2) is 4.98 Å². The fourth-order valence-electron chi connectivity index (χ4n) is 3.98. The van der Waals surface area contributed by atoms with Crippen LogP contribution in [-0.2, 0) is 6.42 Å². The van der Waals surface area contributed by atoms with Gasteiger partial charge < -0.3 is 9.42 Å². The summed E-state index contributed by atoms with van der Waals surface area (Å²) in [6.45, 7) is 4.38. The van der Waals surface area contributed by atoms with Gasteiger partial charge in [0.25, 0.3) is 0 Å². The molecule has 4 heterocycles. The Morgan fingerprint density at radius 2 is 1.93 bits per heavy atom. The fraction of sp³-hybridized carbons (Fsp3) is 0.364. The first-order valence-electron chi connectivity index (χ1n) is 10.1. The standard InChI is InChI=1S/C22H23N5OS/c1-15(14-20-24-17-6-2-3-8-19(17)29-20)27-12-9-16(10-13-27)22-25-21(26-28-22)18-7-4-5-11-23-18/h2-8,11,15-16H,9-10,12-14H2,1H3/t15-/m1/s1. The Morgan fingerprint density at radius 1 is 1.10 bits per heavy atom. The Morgan fingerprint density at radius 3 is 2.72 bits per heavy atom. The summed E-state index contributed by atoms with van der Waals surface area (Å²) in [4.78, 5) is 16.2. The zero-order valence-corrected chi connectivity index (χ0v) is 17.2. The number of thiazole rings is 1. The van der Waals surface area contributed by atoms with Gasteiger partial charge in [0.15, 0.2) is 0 Å². The number of likely N-dealkylation sites (tertiary alicyclic amines) is 1. The number of hydrogen-bond donors (Lipinski definition) is 0. The number of piperidine rings is 1. The topological polar surface area (TPSA) is 67.9 Å². The summed E-state index contributed by atoms with van der Waals surface area (Å²) in [6.07, 6.45) is 4.81. The summed E-state index contributed by atoms with van der Waals surface area (Å²) >= 11 is 1.81. The van der Waals surface area contributed by atoms with E-state index in [1.54, 1.807) is 6.20 Å². The van der Waals surface area contributed by atoms with Crippen molar-refractivity contribution in [2.24, 2.45) is 0 Å². The van der Waals surface area contributed by atoms with Crippen molar-refractivity contribution in [3.8, 4) is 11.5 Å². The highest BCUT2D eigenvalue weighted by molar-refractivity contribution is 7.18. The van der Waals surface area contributed by atoms with E-state index in [0.29, 0.717) is 17.8 Å². The van der Waals surface area contributed by atoms with Crippen LogP contribution in [0.4, 0.5) is 0 Å². The Balaban J connectivity index is 1.19. The molecule has 0 radical (unpaired) electrons. The lowest BCUT2D eigenvalue weighted by Gasteiger charge is -2.34. The van der Waals surface area contributed by atoms with Crippen LogP contribution in [0, 0.1) is 0 Å². The lowest BCUT2D eigenvalue weighted by molar-refractivity contribution is 0.150. The molecule has 1 fully saturated rings. The normalized spacial score (nSPS) is 17.0. The second kappa shape index (κ2) is 8.00. The highest BCUT2D eigenvalue weighted by Crippen LogP contribution is 2.30. The minimum Gasteiger partial charge on any atom is -0.339 e. The molecule has 4 aromatic rings. The number of aromatic nitrogens is 4. The first kappa shape index (κ1) is 18.4. The molecular weight excluding hydrogens is 382 g/mol. The molecule has 3 aromatic heterocycles. The molecule has 1 saturated heterocycles. The smallest absolute Gasteiger partial charge is 0.230 e. The lowest BCUT2D eigenvalue weighted by atomic mass is 9.95. The van der Waals surface area contributed by atoms with Crippen LogP contribution in [0.3, 0.4) is 0 Å². The van der Waals surface area contributed by atoms with E-state index in [-0.39, 0.29) is 0 Å². The molecular formula is C22H23N5OS. The van der Waals surface area contributed by atoms with Gasteiger partial charge in [0.05, 0.1) is 15.2 Å². The molecule has 0 saturated carbocycles. The van der Waals surface area contributed by atoms with Crippen LogP contribution in [0.2, 0.25) is 0 Å². The van der Waals surface area contributed by atoms with Crippen LogP contribution in [0.25, 0.3) is 21.7 Å². The molecule has 1 aliphatic heterocycles. The predicted molar refractivity (Wildman–Crippen MR) is 114 cm³/mol. The van der Waals surface area contributed by atoms with Crippen molar-refractivity contribution in [3.05, 3.63) is 59.6 Å². The molecule has 1 atom stereocenters. The predicted octanol–water partition coefficient (Wildman–Crippen LogP) is 4.55. The Bertz CT molecular complexity index is 1050. The maximum absolute atomic E-state index is 5.56. The number of pyridine rings is 1. The zero-order valence-electron chi connectivity index (χ0n) is 16.4. The molecule has 0 N–H and O–H groups in total. The van der Waals surface area contributed by atoms with E-state index >= 15 is 0 Å². The molecule has 7 heteroatoms.